The number of nitrogens with one attached hydrogen (secondary N) is 1. The van der Waals surface area contributed by atoms with Crippen LogP contribution in [0.5, 0.6) is 0 Å². The molecule has 4 rings (SSSR count). The van der Waals surface area contributed by atoms with Crippen LogP contribution in [0.2, 0.25) is 0 Å². The molecular weight excluding hydrogens is 448 g/mol. The molecular formula is C21H20F4N4O2S. The van der Waals surface area contributed by atoms with Gasteiger partial charge in [0.2, 0.25) is 0 Å². The second-order valence-corrected chi connectivity index (χ2v) is 9.54. The van der Waals surface area contributed by atoms with Crippen molar-refractivity contribution < 1.29 is 26.0 Å². The molecule has 2 atom stereocenters. The number of imidazole rings is 1. The summed E-state index contributed by atoms with van der Waals surface area (Å²) in [5, 5.41) is 2.70. The zero-order valence-electron chi connectivity index (χ0n) is 16.9. The van der Waals surface area contributed by atoms with Crippen LogP contribution in [-0.4, -0.2) is 41.4 Å². The third kappa shape index (κ3) is 4.35. The largest absolute Gasteiger partial charge is 0.416 e. The second-order valence-electron chi connectivity index (χ2n) is 7.66. The molecule has 1 N–H and O–H groups in total. The van der Waals surface area contributed by atoms with E-state index in [0.717, 1.165) is 11.6 Å². The van der Waals surface area contributed by atoms with E-state index in [1.54, 1.807) is 37.4 Å². The smallest absolute Gasteiger partial charge is 0.378 e. The van der Waals surface area contributed by atoms with E-state index in [4.69, 9.17) is 0 Å². The first kappa shape index (κ1) is 22.3. The summed E-state index contributed by atoms with van der Waals surface area (Å²) in [5.41, 5.74) is -0.535. The number of aromatic nitrogens is 2. The Morgan fingerprint density at radius 3 is 2.44 bits per heavy atom. The SMILES string of the molecule is Cn1cnc(S(=O)(=O)N2CC(Nc3cc(C(F)(F)F)ccc3F)C(c3ccccc3)C2)c1. The third-order valence-corrected chi connectivity index (χ3v) is 7.15. The number of rotatable bonds is 5. The van der Waals surface area contributed by atoms with Crippen molar-refractivity contribution in [1.82, 2.24) is 13.9 Å². The van der Waals surface area contributed by atoms with Crippen molar-refractivity contribution in [3.8, 4) is 0 Å². The van der Waals surface area contributed by atoms with Gasteiger partial charge in [0, 0.05) is 38.3 Å². The summed E-state index contributed by atoms with van der Waals surface area (Å²) in [7, 11) is -2.30. The molecule has 1 aromatic heterocycles. The molecule has 0 aliphatic carbocycles. The van der Waals surface area contributed by atoms with Crippen molar-refractivity contribution >= 4 is 15.7 Å². The lowest BCUT2D eigenvalue weighted by Crippen LogP contribution is -2.32. The molecule has 1 aliphatic rings. The van der Waals surface area contributed by atoms with Gasteiger partial charge < -0.3 is 9.88 Å². The number of hydrogen-bond donors (Lipinski definition) is 1. The standard InChI is InChI=1S/C21H20F4N4O2S/c1-28-12-20(26-13-28)32(30,31)29-10-16(14-5-3-2-4-6-14)19(11-29)27-18-9-15(21(23,24)25)7-8-17(18)22/h2-9,12-13,16,19,27H,10-11H2,1H3. The third-order valence-electron chi connectivity index (χ3n) is 5.43. The molecule has 0 bridgehead atoms. The minimum Gasteiger partial charge on any atom is -0.378 e. The summed E-state index contributed by atoms with van der Waals surface area (Å²) in [5.74, 6) is -1.26. The van der Waals surface area contributed by atoms with Gasteiger partial charge in [-0.2, -0.15) is 17.5 Å². The Balaban J connectivity index is 1.68. The highest BCUT2D eigenvalue weighted by Crippen LogP contribution is 2.36. The van der Waals surface area contributed by atoms with Crippen LogP contribution in [-0.2, 0) is 23.2 Å². The van der Waals surface area contributed by atoms with E-state index in [9.17, 15) is 26.0 Å². The molecule has 3 aromatic rings. The van der Waals surface area contributed by atoms with Crippen LogP contribution in [0.1, 0.15) is 17.0 Å². The lowest BCUT2D eigenvalue weighted by molar-refractivity contribution is -0.137. The highest BCUT2D eigenvalue weighted by Gasteiger charge is 2.41. The topological polar surface area (TPSA) is 67.2 Å². The van der Waals surface area contributed by atoms with Crippen LogP contribution < -0.4 is 5.32 Å². The van der Waals surface area contributed by atoms with Crippen LogP contribution in [0.3, 0.4) is 0 Å². The fourth-order valence-electron chi connectivity index (χ4n) is 3.81. The average molecular weight is 468 g/mol. The quantitative estimate of drug-likeness (QED) is 0.578. The molecule has 2 heterocycles. The lowest BCUT2D eigenvalue weighted by Gasteiger charge is -2.22. The summed E-state index contributed by atoms with van der Waals surface area (Å²) in [6.45, 7) is 0.00925. The van der Waals surface area contributed by atoms with E-state index in [2.05, 4.69) is 10.3 Å². The summed E-state index contributed by atoms with van der Waals surface area (Å²) in [4.78, 5) is 3.92. The Morgan fingerprint density at radius 2 is 1.81 bits per heavy atom. The molecule has 1 saturated heterocycles. The molecule has 1 aliphatic heterocycles. The second kappa shape index (κ2) is 8.21. The lowest BCUT2D eigenvalue weighted by atomic mass is 9.94. The molecule has 0 saturated carbocycles. The number of aryl methyl sites for hydroxylation is 1. The highest BCUT2D eigenvalue weighted by molar-refractivity contribution is 7.89. The number of benzene rings is 2. The first-order chi connectivity index (χ1) is 15.1. The summed E-state index contributed by atoms with van der Waals surface area (Å²) >= 11 is 0. The Morgan fingerprint density at radius 1 is 1.09 bits per heavy atom. The maximum Gasteiger partial charge on any atom is 0.416 e. The van der Waals surface area contributed by atoms with Crippen molar-refractivity contribution in [3.05, 3.63) is 78.0 Å². The molecule has 0 radical (unpaired) electrons. The number of halogens is 4. The molecule has 170 valence electrons. The molecule has 0 amide bonds. The molecule has 6 nitrogen and oxygen atoms in total. The van der Waals surface area contributed by atoms with E-state index in [1.165, 1.54) is 21.4 Å². The van der Waals surface area contributed by atoms with Crippen molar-refractivity contribution in [2.45, 2.75) is 23.2 Å². The number of sulfonamides is 1. The van der Waals surface area contributed by atoms with Crippen molar-refractivity contribution in [2.75, 3.05) is 18.4 Å². The predicted octanol–water partition coefficient (Wildman–Crippen LogP) is 3.85. The van der Waals surface area contributed by atoms with Crippen LogP contribution in [0.15, 0.2) is 66.1 Å². The monoisotopic (exact) mass is 468 g/mol. The van der Waals surface area contributed by atoms with Gasteiger partial charge in [-0.25, -0.2) is 17.8 Å². The highest BCUT2D eigenvalue weighted by atomic mass is 32.2. The van der Waals surface area contributed by atoms with Crippen LogP contribution in [0, 0.1) is 5.82 Å². The molecule has 32 heavy (non-hydrogen) atoms. The van der Waals surface area contributed by atoms with E-state index >= 15 is 0 Å². The van der Waals surface area contributed by atoms with Gasteiger partial charge in [-0.05, 0) is 23.8 Å². The maximum atomic E-state index is 14.4. The van der Waals surface area contributed by atoms with Gasteiger partial charge in [0.15, 0.2) is 5.03 Å². The minimum atomic E-state index is -4.63. The van der Waals surface area contributed by atoms with Gasteiger partial charge in [0.05, 0.1) is 17.6 Å². The summed E-state index contributed by atoms with van der Waals surface area (Å²) < 4.78 is 82.6. The Bertz CT molecular complexity index is 1210. The minimum absolute atomic E-state index is 0.0614. The van der Waals surface area contributed by atoms with Gasteiger partial charge in [0.25, 0.3) is 10.0 Å². The maximum absolute atomic E-state index is 14.4. The molecule has 2 aromatic carbocycles. The van der Waals surface area contributed by atoms with Crippen molar-refractivity contribution in [3.63, 3.8) is 0 Å². The first-order valence-electron chi connectivity index (χ1n) is 9.72. The summed E-state index contributed by atoms with van der Waals surface area (Å²) in [6.07, 6.45) is -1.89. The normalized spacial score (nSPS) is 19.9. The van der Waals surface area contributed by atoms with Crippen LogP contribution in [0.4, 0.5) is 23.2 Å². The van der Waals surface area contributed by atoms with Gasteiger partial charge in [0.1, 0.15) is 5.82 Å². The van der Waals surface area contributed by atoms with E-state index < -0.39 is 39.5 Å². The molecule has 0 spiro atoms. The predicted molar refractivity (Wildman–Crippen MR) is 110 cm³/mol. The fourth-order valence-corrected chi connectivity index (χ4v) is 5.27. The Kier molecular flexibility index (Phi) is 5.72. The Labute approximate surface area is 182 Å². The number of alkyl halides is 3. The fraction of sp³-hybridized carbons (Fsp3) is 0.286. The first-order valence-corrected chi connectivity index (χ1v) is 11.2. The zero-order chi connectivity index (χ0) is 23.1. The molecule has 2 unspecified atom stereocenters. The van der Waals surface area contributed by atoms with Gasteiger partial charge in [-0.15, -0.1) is 0 Å². The van der Waals surface area contributed by atoms with Gasteiger partial charge >= 0.3 is 6.18 Å². The Hall–Kier alpha value is -2.92. The number of anilines is 1. The summed E-state index contributed by atoms with van der Waals surface area (Å²) in [6, 6.07) is 10.4. The van der Waals surface area contributed by atoms with Crippen LogP contribution >= 0.6 is 0 Å². The number of hydrogen-bond acceptors (Lipinski definition) is 4. The number of nitrogens with zero attached hydrogens (tertiary/aromatic N) is 3. The average Bonchev–Trinajstić information content (AvgIpc) is 3.37. The van der Waals surface area contributed by atoms with E-state index in [-0.39, 0.29) is 23.8 Å². The van der Waals surface area contributed by atoms with Gasteiger partial charge in [-0.3, -0.25) is 0 Å². The van der Waals surface area contributed by atoms with Crippen molar-refractivity contribution in [2.24, 2.45) is 7.05 Å². The van der Waals surface area contributed by atoms with E-state index in [1.807, 2.05) is 0 Å². The molecule has 1 fully saturated rings. The van der Waals surface area contributed by atoms with E-state index in [0.29, 0.717) is 12.1 Å². The molecule has 11 heteroatoms. The zero-order valence-corrected chi connectivity index (χ0v) is 17.7. The van der Waals surface area contributed by atoms with Gasteiger partial charge in [-0.1, -0.05) is 30.3 Å². The van der Waals surface area contributed by atoms with Crippen LogP contribution in [0.25, 0.3) is 0 Å². The van der Waals surface area contributed by atoms with Crippen molar-refractivity contribution in [1.29, 1.82) is 0 Å².